The Bertz CT molecular complexity index is 548. The van der Waals surface area contributed by atoms with Crippen molar-refractivity contribution in [2.75, 3.05) is 7.05 Å². The lowest BCUT2D eigenvalue weighted by Crippen LogP contribution is -2.18. The van der Waals surface area contributed by atoms with Crippen LogP contribution >= 0.6 is 0 Å². The molecule has 0 aromatic rings. The number of rotatable bonds is 5. The van der Waals surface area contributed by atoms with Crippen LogP contribution in [-0.4, -0.2) is 13.3 Å². The molecule has 0 saturated heterocycles. The van der Waals surface area contributed by atoms with Gasteiger partial charge < -0.3 is 4.99 Å². The third-order valence-corrected chi connectivity index (χ3v) is 4.22. The fourth-order valence-electron chi connectivity index (χ4n) is 2.72. The highest BCUT2D eigenvalue weighted by Gasteiger charge is 2.26. The topological polar surface area (TPSA) is 12.4 Å². The van der Waals surface area contributed by atoms with Gasteiger partial charge in [-0.05, 0) is 44.6 Å². The lowest BCUT2D eigenvalue weighted by molar-refractivity contribution is 0.404. The Hall–Kier alpha value is -1.63. The Kier molecular flexibility index (Phi) is 7.31. The van der Waals surface area contributed by atoms with Gasteiger partial charge in [-0.2, -0.15) is 0 Å². The van der Waals surface area contributed by atoms with Gasteiger partial charge in [-0.1, -0.05) is 67.0 Å². The second kappa shape index (κ2) is 8.73. The van der Waals surface area contributed by atoms with E-state index in [-0.39, 0.29) is 5.41 Å². The van der Waals surface area contributed by atoms with Crippen LogP contribution in [0.3, 0.4) is 0 Å². The van der Waals surface area contributed by atoms with E-state index in [0.717, 1.165) is 6.42 Å². The lowest BCUT2D eigenvalue weighted by Gasteiger charge is -2.32. The zero-order chi connectivity index (χ0) is 16.6. The summed E-state index contributed by atoms with van der Waals surface area (Å²) in [6.45, 7) is 11.2. The Labute approximate surface area is 136 Å². The van der Waals surface area contributed by atoms with Gasteiger partial charge in [0.15, 0.2) is 0 Å². The first kappa shape index (κ1) is 18.4. The number of hydrogen-bond acceptors (Lipinski definition) is 1. The minimum atomic E-state index is 0.287. The number of hydrogen-bond donors (Lipinski definition) is 0. The van der Waals surface area contributed by atoms with Crippen molar-refractivity contribution in [2.24, 2.45) is 10.4 Å². The molecule has 0 bridgehead atoms. The van der Waals surface area contributed by atoms with Crippen molar-refractivity contribution in [3.63, 3.8) is 0 Å². The number of allylic oxidation sites excluding steroid dienone is 10. The normalized spacial score (nSPS) is 21.9. The smallest absolute Gasteiger partial charge is 0.0273 e. The molecule has 0 aromatic carbocycles. The molecule has 0 unspecified atom stereocenters. The Morgan fingerprint density at radius 3 is 2.64 bits per heavy atom. The molecule has 0 radical (unpaired) electrons. The van der Waals surface area contributed by atoms with Crippen LogP contribution in [0.1, 0.15) is 53.9 Å². The molecule has 22 heavy (non-hydrogen) atoms. The van der Waals surface area contributed by atoms with Gasteiger partial charge in [0.25, 0.3) is 0 Å². The molecule has 1 heteroatoms. The van der Waals surface area contributed by atoms with Crippen LogP contribution in [0.15, 0.2) is 63.7 Å². The van der Waals surface area contributed by atoms with Gasteiger partial charge >= 0.3 is 0 Å². The monoisotopic (exact) mass is 297 g/mol. The van der Waals surface area contributed by atoms with Crippen molar-refractivity contribution < 1.29 is 0 Å². The van der Waals surface area contributed by atoms with Gasteiger partial charge in [-0.25, -0.2) is 0 Å². The van der Waals surface area contributed by atoms with E-state index in [2.05, 4.69) is 76.1 Å². The largest absolute Gasteiger partial charge is 0.301 e. The van der Waals surface area contributed by atoms with Gasteiger partial charge in [0, 0.05) is 19.7 Å². The van der Waals surface area contributed by atoms with Crippen LogP contribution in [0.4, 0.5) is 0 Å². The molecule has 0 saturated carbocycles. The molecule has 1 aliphatic rings. The van der Waals surface area contributed by atoms with Crippen LogP contribution in [-0.2, 0) is 0 Å². The SMILES string of the molecule is CN=CCC(C)=CC=CC(C)=CC=C1C(C)=CCCC1(C)C. The summed E-state index contributed by atoms with van der Waals surface area (Å²) in [5, 5.41) is 0. The van der Waals surface area contributed by atoms with Gasteiger partial charge in [-0.15, -0.1) is 0 Å². The van der Waals surface area contributed by atoms with E-state index >= 15 is 0 Å². The predicted octanol–water partition coefficient (Wildman–Crippen LogP) is 6.22. The molecular weight excluding hydrogens is 266 g/mol. The highest BCUT2D eigenvalue weighted by atomic mass is 14.6. The van der Waals surface area contributed by atoms with Crippen LogP contribution in [0, 0.1) is 5.41 Å². The maximum absolute atomic E-state index is 4.01. The third kappa shape index (κ3) is 6.01. The summed E-state index contributed by atoms with van der Waals surface area (Å²) in [5.74, 6) is 0. The fraction of sp³-hybridized carbons (Fsp3) is 0.476. The van der Waals surface area contributed by atoms with Crippen molar-refractivity contribution >= 4 is 6.21 Å². The summed E-state index contributed by atoms with van der Waals surface area (Å²) >= 11 is 0. The molecule has 0 aliphatic heterocycles. The quantitative estimate of drug-likeness (QED) is 0.422. The maximum Gasteiger partial charge on any atom is 0.0273 e. The summed E-state index contributed by atoms with van der Waals surface area (Å²) in [6.07, 6.45) is 18.6. The third-order valence-electron chi connectivity index (χ3n) is 4.22. The van der Waals surface area contributed by atoms with Crippen LogP contribution in [0.2, 0.25) is 0 Å². The van der Waals surface area contributed by atoms with Crippen molar-refractivity contribution in [2.45, 2.75) is 53.9 Å². The molecule has 1 rings (SSSR count). The number of aliphatic imine (C=N–C) groups is 1. The molecule has 1 nitrogen and oxygen atoms in total. The van der Waals surface area contributed by atoms with Crippen molar-refractivity contribution in [3.05, 3.63) is 58.7 Å². The van der Waals surface area contributed by atoms with Crippen LogP contribution in [0.25, 0.3) is 0 Å². The second-order valence-electron chi connectivity index (χ2n) is 6.82. The minimum absolute atomic E-state index is 0.287. The summed E-state index contributed by atoms with van der Waals surface area (Å²) < 4.78 is 0. The minimum Gasteiger partial charge on any atom is -0.301 e. The van der Waals surface area contributed by atoms with Gasteiger partial charge in [-0.3, -0.25) is 0 Å². The van der Waals surface area contributed by atoms with Crippen molar-refractivity contribution in [3.8, 4) is 0 Å². The van der Waals surface area contributed by atoms with Gasteiger partial charge in [0.2, 0.25) is 0 Å². The zero-order valence-electron chi connectivity index (χ0n) is 15.1. The standard InChI is InChI=1S/C21H31N/c1-17(9-7-10-18(2)14-16-22-6)12-13-20-19(3)11-8-15-21(20,4)5/h7,9-13,16H,8,14-15H2,1-6H3. The van der Waals surface area contributed by atoms with Crippen LogP contribution < -0.4 is 0 Å². The second-order valence-corrected chi connectivity index (χ2v) is 6.82. The highest BCUT2D eigenvalue weighted by Crippen LogP contribution is 2.40. The van der Waals surface area contributed by atoms with E-state index in [1.807, 2.05) is 13.3 Å². The van der Waals surface area contributed by atoms with E-state index in [0.29, 0.717) is 0 Å². The predicted molar refractivity (Wildman–Crippen MR) is 101 cm³/mol. The molecule has 0 atom stereocenters. The van der Waals surface area contributed by atoms with Crippen molar-refractivity contribution in [1.82, 2.24) is 0 Å². The molecule has 0 heterocycles. The average Bonchev–Trinajstić information content (AvgIpc) is 2.43. The lowest BCUT2D eigenvalue weighted by atomic mass is 9.73. The molecule has 120 valence electrons. The Balaban J connectivity index is 2.78. The van der Waals surface area contributed by atoms with Gasteiger partial charge in [0.05, 0.1) is 0 Å². The van der Waals surface area contributed by atoms with E-state index in [1.54, 1.807) is 0 Å². The molecule has 0 fully saturated rings. The molecule has 0 amide bonds. The van der Waals surface area contributed by atoms with Crippen molar-refractivity contribution in [1.29, 1.82) is 0 Å². The zero-order valence-corrected chi connectivity index (χ0v) is 15.1. The van der Waals surface area contributed by atoms with Gasteiger partial charge in [0.1, 0.15) is 0 Å². The van der Waals surface area contributed by atoms with E-state index < -0.39 is 0 Å². The Morgan fingerprint density at radius 2 is 2.00 bits per heavy atom. The first-order valence-corrected chi connectivity index (χ1v) is 8.17. The highest BCUT2D eigenvalue weighted by molar-refractivity contribution is 5.60. The van der Waals surface area contributed by atoms with E-state index in [4.69, 9.17) is 0 Å². The number of nitrogens with zero attached hydrogens (tertiary/aromatic N) is 1. The van der Waals surface area contributed by atoms with E-state index in [1.165, 1.54) is 35.1 Å². The molecule has 0 N–H and O–H groups in total. The summed E-state index contributed by atoms with van der Waals surface area (Å²) in [5.41, 5.74) is 5.78. The fourth-order valence-corrected chi connectivity index (χ4v) is 2.72. The first-order chi connectivity index (χ1) is 10.4. The molecule has 0 spiro atoms. The Morgan fingerprint density at radius 1 is 1.27 bits per heavy atom. The first-order valence-electron chi connectivity index (χ1n) is 8.17. The maximum atomic E-state index is 4.01. The summed E-state index contributed by atoms with van der Waals surface area (Å²) in [7, 11) is 1.81. The average molecular weight is 297 g/mol. The molecule has 0 aromatic heterocycles. The summed E-state index contributed by atoms with van der Waals surface area (Å²) in [6, 6.07) is 0. The van der Waals surface area contributed by atoms with E-state index in [9.17, 15) is 0 Å². The van der Waals surface area contributed by atoms with Crippen LogP contribution in [0.5, 0.6) is 0 Å². The molecular formula is C21H31N. The molecule has 1 aliphatic carbocycles. The summed E-state index contributed by atoms with van der Waals surface area (Å²) in [4.78, 5) is 4.01.